The third kappa shape index (κ3) is 5.21. The second kappa shape index (κ2) is 8.19. The molecule has 0 saturated carbocycles. The SMILES string of the molecule is Cc1ccc(C(=O)OCC(=O)NCCOc2ccccc2)s1. The minimum absolute atomic E-state index is 0.291. The predicted octanol–water partition coefficient (Wildman–Crippen LogP) is 2.41. The molecule has 1 N–H and O–H groups in total. The minimum atomic E-state index is -0.478. The van der Waals surface area contributed by atoms with Crippen LogP contribution in [0, 0.1) is 6.92 Å². The van der Waals surface area contributed by atoms with Crippen LogP contribution >= 0.6 is 11.3 Å². The van der Waals surface area contributed by atoms with Gasteiger partial charge in [0.1, 0.15) is 17.2 Å². The Morgan fingerprint density at radius 3 is 2.59 bits per heavy atom. The Labute approximate surface area is 132 Å². The van der Waals surface area contributed by atoms with Gasteiger partial charge in [-0.1, -0.05) is 18.2 Å². The lowest BCUT2D eigenvalue weighted by atomic mass is 10.3. The van der Waals surface area contributed by atoms with E-state index in [4.69, 9.17) is 9.47 Å². The maximum absolute atomic E-state index is 11.7. The highest BCUT2D eigenvalue weighted by Gasteiger charge is 2.11. The largest absolute Gasteiger partial charge is 0.492 e. The van der Waals surface area contributed by atoms with Crippen molar-refractivity contribution in [2.75, 3.05) is 19.8 Å². The van der Waals surface area contributed by atoms with Gasteiger partial charge in [0.2, 0.25) is 0 Å². The summed E-state index contributed by atoms with van der Waals surface area (Å²) < 4.78 is 10.4. The Kier molecular flexibility index (Phi) is 5.97. The van der Waals surface area contributed by atoms with E-state index >= 15 is 0 Å². The zero-order valence-electron chi connectivity index (χ0n) is 12.2. The van der Waals surface area contributed by atoms with E-state index in [0.717, 1.165) is 10.6 Å². The fraction of sp³-hybridized carbons (Fsp3) is 0.250. The first-order valence-corrected chi connectivity index (χ1v) is 7.65. The van der Waals surface area contributed by atoms with Gasteiger partial charge in [-0.25, -0.2) is 4.79 Å². The lowest BCUT2D eigenvalue weighted by Gasteiger charge is -2.07. The molecule has 1 aromatic heterocycles. The summed E-state index contributed by atoms with van der Waals surface area (Å²) in [7, 11) is 0. The summed E-state index contributed by atoms with van der Waals surface area (Å²) in [6.07, 6.45) is 0. The summed E-state index contributed by atoms with van der Waals surface area (Å²) >= 11 is 1.34. The number of aryl methyl sites for hydroxylation is 1. The van der Waals surface area contributed by atoms with Crippen LogP contribution in [-0.2, 0) is 9.53 Å². The van der Waals surface area contributed by atoms with Gasteiger partial charge in [0.05, 0.1) is 6.54 Å². The molecule has 0 saturated heterocycles. The van der Waals surface area contributed by atoms with E-state index in [1.54, 1.807) is 6.07 Å². The Hall–Kier alpha value is -2.34. The van der Waals surface area contributed by atoms with Crippen molar-refractivity contribution < 1.29 is 19.1 Å². The van der Waals surface area contributed by atoms with E-state index in [1.807, 2.05) is 43.3 Å². The lowest BCUT2D eigenvalue weighted by molar-refractivity contribution is -0.124. The second-order valence-electron chi connectivity index (χ2n) is 4.50. The molecule has 0 aliphatic rings. The number of rotatable bonds is 7. The standard InChI is InChI=1S/C16H17NO4S/c1-12-7-8-14(22-12)16(19)21-11-15(18)17-9-10-20-13-5-3-2-4-6-13/h2-8H,9-11H2,1H3,(H,17,18). The number of nitrogens with one attached hydrogen (secondary N) is 1. The molecule has 0 bridgehead atoms. The molecule has 1 heterocycles. The van der Waals surface area contributed by atoms with E-state index in [1.165, 1.54) is 11.3 Å². The number of carbonyl (C=O) groups excluding carboxylic acids is 2. The predicted molar refractivity (Wildman–Crippen MR) is 84.3 cm³/mol. The van der Waals surface area contributed by atoms with Crippen molar-refractivity contribution in [3.8, 4) is 5.75 Å². The molecule has 6 heteroatoms. The maximum atomic E-state index is 11.7. The fourth-order valence-electron chi connectivity index (χ4n) is 1.67. The van der Waals surface area contributed by atoms with Crippen molar-refractivity contribution in [1.82, 2.24) is 5.32 Å². The molecule has 5 nitrogen and oxygen atoms in total. The Bertz CT molecular complexity index is 624. The number of thiophene rings is 1. The molecule has 116 valence electrons. The molecule has 1 aromatic carbocycles. The first kappa shape index (κ1) is 16.0. The smallest absolute Gasteiger partial charge is 0.348 e. The van der Waals surface area contributed by atoms with E-state index in [2.05, 4.69) is 5.32 Å². The highest BCUT2D eigenvalue weighted by molar-refractivity contribution is 7.13. The van der Waals surface area contributed by atoms with Crippen LogP contribution in [0.4, 0.5) is 0 Å². The van der Waals surface area contributed by atoms with Crippen molar-refractivity contribution in [1.29, 1.82) is 0 Å². The van der Waals surface area contributed by atoms with Crippen molar-refractivity contribution in [3.05, 3.63) is 52.2 Å². The molecule has 1 amide bonds. The number of benzene rings is 1. The van der Waals surface area contributed by atoms with Gasteiger partial charge >= 0.3 is 5.97 Å². The molecule has 22 heavy (non-hydrogen) atoms. The van der Waals surface area contributed by atoms with Crippen LogP contribution in [0.25, 0.3) is 0 Å². The van der Waals surface area contributed by atoms with Crippen LogP contribution in [0.3, 0.4) is 0 Å². The number of hydrogen-bond donors (Lipinski definition) is 1. The molecule has 2 rings (SSSR count). The Morgan fingerprint density at radius 2 is 1.91 bits per heavy atom. The molecule has 0 aliphatic heterocycles. The highest BCUT2D eigenvalue weighted by Crippen LogP contribution is 2.15. The average Bonchev–Trinajstić information content (AvgIpc) is 2.97. The summed E-state index contributed by atoms with van der Waals surface area (Å²) in [6.45, 7) is 2.32. The number of para-hydroxylation sites is 1. The quantitative estimate of drug-likeness (QED) is 0.629. The summed E-state index contributed by atoms with van der Waals surface area (Å²) in [5.74, 6) is -0.0803. The molecule has 0 unspecified atom stereocenters. The maximum Gasteiger partial charge on any atom is 0.348 e. The minimum Gasteiger partial charge on any atom is -0.492 e. The Balaban J connectivity index is 1.61. The average molecular weight is 319 g/mol. The molecule has 2 aromatic rings. The third-order valence-corrected chi connectivity index (χ3v) is 3.69. The summed E-state index contributed by atoms with van der Waals surface area (Å²) in [6, 6.07) is 12.9. The summed E-state index contributed by atoms with van der Waals surface area (Å²) in [5, 5.41) is 2.63. The van der Waals surface area contributed by atoms with Crippen molar-refractivity contribution in [2.24, 2.45) is 0 Å². The van der Waals surface area contributed by atoms with Gasteiger partial charge < -0.3 is 14.8 Å². The van der Waals surface area contributed by atoms with Gasteiger partial charge in [0.15, 0.2) is 6.61 Å². The summed E-state index contributed by atoms with van der Waals surface area (Å²) in [5.41, 5.74) is 0. The van der Waals surface area contributed by atoms with Crippen LogP contribution in [0.1, 0.15) is 14.5 Å². The third-order valence-electron chi connectivity index (χ3n) is 2.71. The molecular formula is C16H17NO4S. The van der Waals surface area contributed by atoms with Crippen LogP contribution < -0.4 is 10.1 Å². The number of esters is 1. The summed E-state index contributed by atoms with van der Waals surface area (Å²) in [4.78, 5) is 24.7. The van der Waals surface area contributed by atoms with Crippen LogP contribution in [-0.4, -0.2) is 31.6 Å². The first-order valence-electron chi connectivity index (χ1n) is 6.83. The monoisotopic (exact) mass is 319 g/mol. The van der Waals surface area contributed by atoms with Crippen LogP contribution in [0.2, 0.25) is 0 Å². The zero-order chi connectivity index (χ0) is 15.8. The van der Waals surface area contributed by atoms with Gasteiger partial charge in [-0.3, -0.25) is 4.79 Å². The molecular weight excluding hydrogens is 302 g/mol. The van der Waals surface area contributed by atoms with Gasteiger partial charge in [-0.2, -0.15) is 0 Å². The highest BCUT2D eigenvalue weighted by atomic mass is 32.1. The van der Waals surface area contributed by atoms with Crippen molar-refractivity contribution >= 4 is 23.2 Å². The van der Waals surface area contributed by atoms with Gasteiger partial charge in [0, 0.05) is 4.88 Å². The lowest BCUT2D eigenvalue weighted by Crippen LogP contribution is -2.32. The van der Waals surface area contributed by atoms with Crippen molar-refractivity contribution in [3.63, 3.8) is 0 Å². The molecule has 0 spiro atoms. The van der Waals surface area contributed by atoms with E-state index < -0.39 is 5.97 Å². The van der Waals surface area contributed by atoms with E-state index in [9.17, 15) is 9.59 Å². The topological polar surface area (TPSA) is 64.6 Å². The molecule has 0 aliphatic carbocycles. The van der Waals surface area contributed by atoms with Crippen molar-refractivity contribution in [2.45, 2.75) is 6.92 Å². The number of ether oxygens (including phenoxy) is 2. The normalized spacial score (nSPS) is 10.0. The van der Waals surface area contributed by atoms with Gasteiger partial charge in [0.25, 0.3) is 5.91 Å². The van der Waals surface area contributed by atoms with Crippen LogP contribution in [0.15, 0.2) is 42.5 Å². The molecule has 0 radical (unpaired) electrons. The molecule has 0 atom stereocenters. The van der Waals surface area contributed by atoms with Gasteiger partial charge in [-0.05, 0) is 31.2 Å². The van der Waals surface area contributed by atoms with Gasteiger partial charge in [-0.15, -0.1) is 11.3 Å². The number of amides is 1. The number of carbonyl (C=O) groups is 2. The fourth-order valence-corrected chi connectivity index (χ4v) is 2.43. The zero-order valence-corrected chi connectivity index (χ0v) is 13.0. The number of hydrogen-bond acceptors (Lipinski definition) is 5. The second-order valence-corrected chi connectivity index (χ2v) is 5.79. The Morgan fingerprint density at radius 1 is 1.14 bits per heavy atom. The molecule has 0 fully saturated rings. The first-order chi connectivity index (χ1) is 10.6. The van der Waals surface area contributed by atoms with Crippen LogP contribution in [0.5, 0.6) is 5.75 Å². The van der Waals surface area contributed by atoms with E-state index in [0.29, 0.717) is 18.0 Å². The van der Waals surface area contributed by atoms with E-state index in [-0.39, 0.29) is 12.5 Å².